The maximum absolute atomic E-state index is 12.2. The van der Waals surface area contributed by atoms with E-state index in [1.165, 1.54) is 0 Å². The van der Waals surface area contributed by atoms with E-state index < -0.39 is 0 Å². The molecule has 4 rings (SSSR count). The second kappa shape index (κ2) is 4.68. The molecule has 1 fully saturated rings. The van der Waals surface area contributed by atoms with E-state index in [2.05, 4.69) is 14.9 Å². The van der Waals surface area contributed by atoms with Gasteiger partial charge in [0.2, 0.25) is 5.58 Å². The van der Waals surface area contributed by atoms with Gasteiger partial charge in [0.05, 0.1) is 12.6 Å². The Bertz CT molecular complexity index is 867. The number of aliphatic hydroxyl groups excluding tert-OH is 1. The van der Waals surface area contributed by atoms with Crippen LogP contribution >= 0.6 is 0 Å². The van der Waals surface area contributed by atoms with Gasteiger partial charge in [-0.05, 0) is 18.6 Å². The van der Waals surface area contributed by atoms with E-state index in [-0.39, 0.29) is 17.2 Å². The Morgan fingerprint density at radius 3 is 3.10 bits per heavy atom. The normalized spacial score (nSPS) is 19.8. The molecule has 2 N–H and O–H groups in total. The van der Waals surface area contributed by atoms with Crippen LogP contribution in [0.3, 0.4) is 0 Å². The van der Waals surface area contributed by atoms with Crippen LogP contribution < -0.4 is 5.56 Å². The summed E-state index contributed by atoms with van der Waals surface area (Å²) in [5.41, 5.74) is 1.27. The first kappa shape index (κ1) is 12.6. The number of nitrogens with zero attached hydrogens (tertiary/aromatic N) is 2. The number of aromatic amines is 1. The van der Waals surface area contributed by atoms with E-state index >= 15 is 0 Å². The maximum Gasteiger partial charge on any atom is 0.294 e. The Morgan fingerprint density at radius 2 is 2.29 bits per heavy atom. The summed E-state index contributed by atoms with van der Waals surface area (Å²) in [7, 11) is 0. The second-order valence-electron chi connectivity index (χ2n) is 5.47. The Hall–Kier alpha value is -2.18. The number of β-amino-alcohol motifs (C(OH)–C–C–N with tert-alkyl or cyclic N) is 1. The highest BCUT2D eigenvalue weighted by atomic mass is 16.3. The number of para-hydroxylation sites is 1. The van der Waals surface area contributed by atoms with Crippen molar-refractivity contribution in [3.63, 3.8) is 0 Å². The Morgan fingerprint density at radius 1 is 1.43 bits per heavy atom. The van der Waals surface area contributed by atoms with Crippen molar-refractivity contribution in [3.05, 3.63) is 40.4 Å². The lowest BCUT2D eigenvalue weighted by atomic mass is 10.2. The molecule has 1 aromatic carbocycles. The van der Waals surface area contributed by atoms with Gasteiger partial charge in [-0.2, -0.15) is 0 Å². The molecule has 21 heavy (non-hydrogen) atoms. The van der Waals surface area contributed by atoms with Gasteiger partial charge in [-0.3, -0.25) is 9.69 Å². The van der Waals surface area contributed by atoms with Crippen molar-refractivity contribution in [1.29, 1.82) is 0 Å². The van der Waals surface area contributed by atoms with Gasteiger partial charge in [0, 0.05) is 18.5 Å². The van der Waals surface area contributed by atoms with Crippen LogP contribution in [-0.2, 0) is 6.54 Å². The smallest absolute Gasteiger partial charge is 0.294 e. The third kappa shape index (κ3) is 2.12. The predicted octanol–water partition coefficient (Wildman–Crippen LogP) is 1.24. The van der Waals surface area contributed by atoms with Crippen molar-refractivity contribution in [2.75, 3.05) is 13.1 Å². The Kier molecular flexibility index (Phi) is 2.80. The summed E-state index contributed by atoms with van der Waals surface area (Å²) >= 11 is 0. The minimum atomic E-state index is -0.282. The molecule has 0 amide bonds. The highest BCUT2D eigenvalue weighted by Gasteiger charge is 2.21. The predicted molar refractivity (Wildman–Crippen MR) is 78.0 cm³/mol. The average molecular weight is 285 g/mol. The molecule has 0 bridgehead atoms. The molecule has 3 heterocycles. The number of likely N-dealkylation sites (tertiary alicyclic amines) is 1. The van der Waals surface area contributed by atoms with Gasteiger partial charge in [0.1, 0.15) is 16.9 Å². The number of benzene rings is 1. The molecule has 108 valence electrons. The van der Waals surface area contributed by atoms with Gasteiger partial charge >= 0.3 is 0 Å². The molecule has 1 aliphatic heterocycles. The molecular formula is C15H15N3O3. The van der Waals surface area contributed by atoms with E-state index in [0.29, 0.717) is 30.0 Å². The van der Waals surface area contributed by atoms with Crippen molar-refractivity contribution in [2.45, 2.75) is 19.1 Å². The maximum atomic E-state index is 12.2. The van der Waals surface area contributed by atoms with Gasteiger partial charge in [0.15, 0.2) is 0 Å². The van der Waals surface area contributed by atoms with Crippen LogP contribution in [0.4, 0.5) is 0 Å². The summed E-state index contributed by atoms with van der Waals surface area (Å²) in [6.07, 6.45) is 0.483. The van der Waals surface area contributed by atoms with Gasteiger partial charge in [-0.15, -0.1) is 0 Å². The zero-order chi connectivity index (χ0) is 14.4. The fraction of sp³-hybridized carbons (Fsp3) is 0.333. The summed E-state index contributed by atoms with van der Waals surface area (Å²) < 4.78 is 5.57. The number of hydrogen-bond donors (Lipinski definition) is 2. The first-order valence-corrected chi connectivity index (χ1v) is 7.01. The number of rotatable bonds is 2. The van der Waals surface area contributed by atoms with Crippen LogP contribution in [-0.4, -0.2) is 39.2 Å². The summed E-state index contributed by atoms with van der Waals surface area (Å²) in [6, 6.07) is 7.49. The van der Waals surface area contributed by atoms with Crippen LogP contribution in [0, 0.1) is 0 Å². The van der Waals surface area contributed by atoms with Crippen LogP contribution in [0.1, 0.15) is 12.2 Å². The summed E-state index contributed by atoms with van der Waals surface area (Å²) in [4.78, 5) is 21.5. The van der Waals surface area contributed by atoms with Crippen molar-refractivity contribution >= 4 is 22.1 Å². The number of fused-ring (bicyclic) bond motifs is 3. The minimum Gasteiger partial charge on any atom is -0.449 e. The largest absolute Gasteiger partial charge is 0.449 e. The highest BCUT2D eigenvalue weighted by molar-refractivity contribution is 6.01. The SMILES string of the molecule is O=c1[nH]c(CN2CC[C@H](O)C2)nc2c1oc1ccccc12. The molecule has 0 unspecified atom stereocenters. The van der Waals surface area contributed by atoms with Crippen molar-refractivity contribution in [3.8, 4) is 0 Å². The standard InChI is InChI=1S/C15H15N3O3/c19-9-5-6-18(7-9)8-12-16-13-10-3-1-2-4-11(10)21-14(13)15(20)17-12/h1-4,9,19H,5-8H2,(H,16,17,20)/t9-/m0/s1. The Labute approximate surface area is 120 Å². The van der Waals surface area contributed by atoms with Gasteiger partial charge in [-0.1, -0.05) is 12.1 Å². The number of nitrogens with one attached hydrogen (secondary N) is 1. The fourth-order valence-electron chi connectivity index (χ4n) is 2.89. The minimum absolute atomic E-state index is 0.258. The molecule has 0 spiro atoms. The van der Waals surface area contributed by atoms with Gasteiger partial charge in [-0.25, -0.2) is 4.98 Å². The molecular weight excluding hydrogens is 270 g/mol. The van der Waals surface area contributed by atoms with Crippen LogP contribution in [0.15, 0.2) is 33.5 Å². The first-order valence-electron chi connectivity index (χ1n) is 7.01. The molecule has 2 aromatic heterocycles. The van der Waals surface area contributed by atoms with Crippen LogP contribution in [0.2, 0.25) is 0 Å². The van der Waals surface area contributed by atoms with Crippen molar-refractivity contribution in [1.82, 2.24) is 14.9 Å². The summed E-state index contributed by atoms with van der Waals surface area (Å²) in [5.74, 6) is 0.605. The fourth-order valence-corrected chi connectivity index (χ4v) is 2.89. The highest BCUT2D eigenvalue weighted by Crippen LogP contribution is 2.24. The molecule has 1 aliphatic rings. The molecule has 1 saturated heterocycles. The molecule has 1 atom stereocenters. The summed E-state index contributed by atoms with van der Waals surface area (Å²) in [6.45, 7) is 1.96. The lowest BCUT2D eigenvalue weighted by molar-refractivity contribution is 0.174. The molecule has 3 aromatic rings. The van der Waals surface area contributed by atoms with E-state index in [1.807, 2.05) is 24.3 Å². The van der Waals surface area contributed by atoms with Crippen molar-refractivity contribution < 1.29 is 9.52 Å². The van der Waals surface area contributed by atoms with Gasteiger partial charge < -0.3 is 14.5 Å². The van der Waals surface area contributed by atoms with E-state index in [1.54, 1.807) is 0 Å². The lowest BCUT2D eigenvalue weighted by Gasteiger charge is -2.13. The third-order valence-corrected chi connectivity index (χ3v) is 3.90. The van der Waals surface area contributed by atoms with Gasteiger partial charge in [0.25, 0.3) is 5.56 Å². The second-order valence-corrected chi connectivity index (χ2v) is 5.47. The quantitative estimate of drug-likeness (QED) is 0.740. The van der Waals surface area contributed by atoms with Crippen LogP contribution in [0.5, 0.6) is 0 Å². The number of aromatic nitrogens is 2. The molecule has 0 aliphatic carbocycles. The molecule has 0 radical (unpaired) electrons. The zero-order valence-electron chi connectivity index (χ0n) is 11.4. The third-order valence-electron chi connectivity index (χ3n) is 3.90. The van der Waals surface area contributed by atoms with E-state index in [0.717, 1.165) is 18.4 Å². The van der Waals surface area contributed by atoms with E-state index in [9.17, 15) is 9.90 Å². The molecule has 6 nitrogen and oxygen atoms in total. The number of aliphatic hydroxyl groups is 1. The number of hydrogen-bond acceptors (Lipinski definition) is 5. The van der Waals surface area contributed by atoms with Crippen LogP contribution in [0.25, 0.3) is 22.1 Å². The number of H-pyrrole nitrogens is 1. The monoisotopic (exact) mass is 285 g/mol. The number of furan rings is 1. The van der Waals surface area contributed by atoms with E-state index in [4.69, 9.17) is 4.42 Å². The Balaban J connectivity index is 1.80. The zero-order valence-corrected chi connectivity index (χ0v) is 11.4. The average Bonchev–Trinajstić information content (AvgIpc) is 3.03. The lowest BCUT2D eigenvalue weighted by Crippen LogP contribution is -2.24. The molecule has 0 saturated carbocycles. The van der Waals surface area contributed by atoms with Crippen molar-refractivity contribution in [2.24, 2.45) is 0 Å². The topological polar surface area (TPSA) is 82.4 Å². The summed E-state index contributed by atoms with van der Waals surface area (Å²) in [5, 5.41) is 10.4. The first-order chi connectivity index (χ1) is 10.2. The molecule has 6 heteroatoms.